The molecule has 0 radical (unpaired) electrons. The molecule has 4 heterocycles. The Hall–Kier alpha value is -3.71. The highest BCUT2D eigenvalue weighted by atomic mass is 35.5. The number of halogens is 4. The number of carbonyl (C=O) groups is 1. The zero-order valence-electron chi connectivity index (χ0n) is 16.3. The third-order valence-corrected chi connectivity index (χ3v) is 5.24. The van der Waals surface area contributed by atoms with Gasteiger partial charge < -0.3 is 14.6 Å². The van der Waals surface area contributed by atoms with E-state index in [-0.39, 0.29) is 28.2 Å². The van der Waals surface area contributed by atoms with E-state index in [1.165, 1.54) is 31.5 Å². The van der Waals surface area contributed by atoms with Gasteiger partial charge in [0, 0.05) is 18.3 Å². The number of aromatic nitrogens is 4. The molecule has 0 aromatic carbocycles. The maximum Gasteiger partial charge on any atom is 0.433 e. The van der Waals surface area contributed by atoms with Gasteiger partial charge in [-0.05, 0) is 18.2 Å². The minimum Gasteiger partial charge on any atom is -0.503 e. The van der Waals surface area contributed by atoms with Crippen molar-refractivity contribution in [2.45, 2.75) is 6.18 Å². The molecule has 0 saturated heterocycles. The maximum atomic E-state index is 12.7. The molecule has 4 rings (SSSR count). The monoisotopic (exact) mass is 497 g/mol. The molecule has 0 bridgehead atoms. The first-order valence-electron chi connectivity index (χ1n) is 8.88. The largest absolute Gasteiger partial charge is 0.503 e. The van der Waals surface area contributed by atoms with Crippen LogP contribution < -0.4 is 14.8 Å². The molecule has 0 atom stereocenters. The van der Waals surface area contributed by atoms with Crippen molar-refractivity contribution >= 4 is 44.3 Å². The number of alkyl halides is 3. The van der Waals surface area contributed by atoms with Gasteiger partial charge in [-0.2, -0.15) is 13.2 Å². The molecule has 0 fully saturated rings. The Labute approximate surface area is 191 Å². The zero-order chi connectivity index (χ0) is 23.8. The average molecular weight is 498 g/mol. The van der Waals surface area contributed by atoms with Gasteiger partial charge in [-0.15, -0.1) is 0 Å². The summed E-state index contributed by atoms with van der Waals surface area (Å²) in [4.78, 5) is 28.4. The van der Waals surface area contributed by atoms with Crippen LogP contribution in [-0.2, 0) is 6.18 Å². The number of ether oxygens (including phenoxy) is 2. The number of fused-ring (bicyclic) bond motifs is 1. The summed E-state index contributed by atoms with van der Waals surface area (Å²) in [5.41, 5.74) is -0.986. The van der Waals surface area contributed by atoms with Crippen LogP contribution in [0.25, 0.3) is 10.3 Å². The number of nitrogens with zero attached hydrogens (tertiary/aromatic N) is 4. The van der Waals surface area contributed by atoms with E-state index in [2.05, 4.69) is 25.3 Å². The minimum absolute atomic E-state index is 0.0274. The van der Waals surface area contributed by atoms with Crippen LogP contribution in [0, 0.1) is 0 Å². The van der Waals surface area contributed by atoms with Crippen molar-refractivity contribution in [1.82, 2.24) is 19.9 Å². The van der Waals surface area contributed by atoms with Crippen LogP contribution in [-0.4, -0.2) is 38.1 Å². The minimum atomic E-state index is -4.64. The summed E-state index contributed by atoms with van der Waals surface area (Å²) in [6.45, 7) is 0. The van der Waals surface area contributed by atoms with Crippen LogP contribution in [0.3, 0.4) is 0 Å². The number of thiazole rings is 1. The van der Waals surface area contributed by atoms with Crippen molar-refractivity contribution in [3.05, 3.63) is 53.1 Å². The molecule has 1 amide bonds. The number of carbonyl (C=O) groups excluding carboxylic acids is 1. The van der Waals surface area contributed by atoms with E-state index in [4.69, 9.17) is 21.1 Å². The van der Waals surface area contributed by atoms with Gasteiger partial charge in [-0.1, -0.05) is 22.9 Å². The van der Waals surface area contributed by atoms with Crippen LogP contribution in [0.1, 0.15) is 16.2 Å². The second-order valence-corrected chi connectivity index (χ2v) is 7.58. The van der Waals surface area contributed by atoms with E-state index < -0.39 is 28.7 Å². The molecule has 9 nitrogen and oxygen atoms in total. The third-order valence-electron chi connectivity index (χ3n) is 4.09. The van der Waals surface area contributed by atoms with E-state index in [9.17, 15) is 23.1 Å². The van der Waals surface area contributed by atoms with Crippen molar-refractivity contribution in [2.24, 2.45) is 0 Å². The van der Waals surface area contributed by atoms with Crippen molar-refractivity contribution in [2.75, 3.05) is 12.4 Å². The standard InChI is InChI=1S/C19H11ClF3N5O4S/c1-31-9-6-7-24-13(14(9)29)16(30)28-18-25-8-2-5-12(27-17(8)33-18)32-10-3-4-11(19(21,22)23)26-15(10)20/h2-7,29H,1H3,(H,25,28,30). The number of anilines is 1. The van der Waals surface area contributed by atoms with Crippen LogP contribution >= 0.6 is 22.9 Å². The first kappa shape index (κ1) is 22.5. The number of pyridine rings is 3. The molecule has 0 spiro atoms. The highest BCUT2D eigenvalue weighted by Gasteiger charge is 2.33. The lowest BCUT2D eigenvalue weighted by molar-refractivity contribution is -0.141. The van der Waals surface area contributed by atoms with Gasteiger partial charge in [0.05, 0.1) is 7.11 Å². The predicted octanol–water partition coefficient (Wildman–Crippen LogP) is 4.91. The fraction of sp³-hybridized carbons (Fsp3) is 0.105. The smallest absolute Gasteiger partial charge is 0.433 e. The summed E-state index contributed by atoms with van der Waals surface area (Å²) in [5.74, 6) is -1.15. The van der Waals surface area contributed by atoms with Crippen molar-refractivity contribution < 1.29 is 32.5 Å². The summed E-state index contributed by atoms with van der Waals surface area (Å²) in [7, 11) is 1.34. The topological polar surface area (TPSA) is 119 Å². The highest BCUT2D eigenvalue weighted by molar-refractivity contribution is 7.22. The van der Waals surface area contributed by atoms with E-state index in [0.717, 1.165) is 23.5 Å². The molecule has 2 N–H and O–H groups in total. The molecule has 170 valence electrons. The molecule has 33 heavy (non-hydrogen) atoms. The molecular formula is C19H11ClF3N5O4S. The summed E-state index contributed by atoms with van der Waals surface area (Å²) < 4.78 is 48.6. The predicted molar refractivity (Wildman–Crippen MR) is 112 cm³/mol. The van der Waals surface area contributed by atoms with Crippen molar-refractivity contribution in [1.29, 1.82) is 0 Å². The van der Waals surface area contributed by atoms with Gasteiger partial charge in [0.1, 0.15) is 16.0 Å². The Kier molecular flexibility index (Phi) is 5.91. The van der Waals surface area contributed by atoms with Crippen molar-refractivity contribution in [3.8, 4) is 23.1 Å². The summed E-state index contributed by atoms with van der Waals surface area (Å²) in [6, 6.07) is 6.14. The van der Waals surface area contributed by atoms with Gasteiger partial charge in [0.2, 0.25) is 5.88 Å². The summed E-state index contributed by atoms with van der Waals surface area (Å²) >= 11 is 6.80. The second-order valence-electron chi connectivity index (χ2n) is 6.24. The van der Waals surface area contributed by atoms with E-state index >= 15 is 0 Å². The maximum absolute atomic E-state index is 12.7. The molecule has 0 aliphatic heterocycles. The summed E-state index contributed by atoms with van der Waals surface area (Å²) in [5, 5.41) is 12.3. The van der Waals surface area contributed by atoms with E-state index in [1.54, 1.807) is 0 Å². The number of hydrogen-bond acceptors (Lipinski definition) is 9. The fourth-order valence-corrected chi connectivity index (χ4v) is 3.62. The van der Waals surface area contributed by atoms with Crippen LogP contribution in [0.5, 0.6) is 23.1 Å². The third kappa shape index (κ3) is 4.73. The Balaban J connectivity index is 1.54. The molecule has 0 aliphatic rings. The quantitative estimate of drug-likeness (QED) is 0.373. The molecule has 14 heteroatoms. The van der Waals surface area contributed by atoms with Crippen LogP contribution in [0.2, 0.25) is 5.15 Å². The van der Waals surface area contributed by atoms with E-state index in [1.807, 2.05) is 0 Å². The lowest BCUT2D eigenvalue weighted by Gasteiger charge is -2.09. The number of hydrogen-bond donors (Lipinski definition) is 2. The van der Waals surface area contributed by atoms with Gasteiger partial charge in [0.15, 0.2) is 33.2 Å². The second kappa shape index (κ2) is 8.67. The lowest BCUT2D eigenvalue weighted by Crippen LogP contribution is -2.13. The number of rotatable bonds is 5. The molecule has 0 unspecified atom stereocenters. The number of nitrogens with one attached hydrogen (secondary N) is 1. The SMILES string of the molecule is COc1ccnc(C(=O)Nc2nc3ccc(Oc4ccc(C(F)(F)F)nc4Cl)nc3s2)c1O. The van der Waals surface area contributed by atoms with Crippen LogP contribution in [0.4, 0.5) is 18.3 Å². The fourth-order valence-electron chi connectivity index (χ4n) is 2.60. The Morgan fingerprint density at radius 1 is 1.12 bits per heavy atom. The van der Waals surface area contributed by atoms with Crippen molar-refractivity contribution in [3.63, 3.8) is 0 Å². The Bertz CT molecular complexity index is 1370. The normalized spacial score (nSPS) is 11.4. The van der Waals surface area contributed by atoms with Gasteiger partial charge in [0.25, 0.3) is 5.91 Å². The number of amides is 1. The first-order valence-corrected chi connectivity index (χ1v) is 10.1. The van der Waals surface area contributed by atoms with Gasteiger partial charge >= 0.3 is 6.18 Å². The molecule has 4 aromatic rings. The number of aromatic hydroxyl groups is 1. The Morgan fingerprint density at radius 2 is 1.91 bits per heavy atom. The lowest BCUT2D eigenvalue weighted by atomic mass is 10.3. The Morgan fingerprint density at radius 3 is 2.61 bits per heavy atom. The molecule has 0 saturated carbocycles. The van der Waals surface area contributed by atoms with Crippen LogP contribution in [0.15, 0.2) is 36.5 Å². The molecule has 0 aliphatic carbocycles. The molecular weight excluding hydrogens is 487 g/mol. The highest BCUT2D eigenvalue weighted by Crippen LogP contribution is 2.35. The average Bonchev–Trinajstić information content (AvgIpc) is 3.16. The summed E-state index contributed by atoms with van der Waals surface area (Å²) in [6.07, 6.45) is -3.34. The van der Waals surface area contributed by atoms with E-state index in [0.29, 0.717) is 10.3 Å². The van der Waals surface area contributed by atoms with Gasteiger partial charge in [-0.3, -0.25) is 10.1 Å². The zero-order valence-corrected chi connectivity index (χ0v) is 17.9. The number of methoxy groups -OCH3 is 1. The molecule has 4 aromatic heterocycles. The van der Waals surface area contributed by atoms with Gasteiger partial charge in [-0.25, -0.2) is 19.9 Å². The first-order chi connectivity index (χ1) is 15.7.